The van der Waals surface area contributed by atoms with Crippen molar-refractivity contribution >= 4 is 17.6 Å². The largest absolute Gasteiger partial charge is 0.482 e. The first kappa shape index (κ1) is 14.3. The number of nitrogens with one attached hydrogen (secondary N) is 2. The lowest BCUT2D eigenvalue weighted by Gasteiger charge is -2.22. The molecule has 1 atom stereocenters. The maximum atomic E-state index is 12.0. The second-order valence-corrected chi connectivity index (χ2v) is 4.70. The second kappa shape index (κ2) is 6.91. The van der Waals surface area contributed by atoms with Crippen molar-refractivity contribution in [1.82, 2.24) is 5.32 Å². The molecular formula is C14H18N2O4. The minimum atomic E-state index is -1.02. The molecule has 1 aromatic carbocycles. The summed E-state index contributed by atoms with van der Waals surface area (Å²) in [7, 11) is 0. The Morgan fingerprint density at radius 3 is 2.65 bits per heavy atom. The van der Waals surface area contributed by atoms with Gasteiger partial charge in [-0.25, -0.2) is 4.79 Å². The number of aliphatic carboxylic acids is 1. The number of ether oxygens (including phenoxy) is 1. The summed E-state index contributed by atoms with van der Waals surface area (Å²) in [5.41, 5.74) is 0.671. The zero-order chi connectivity index (χ0) is 14.4. The van der Waals surface area contributed by atoms with Crippen LogP contribution in [-0.2, 0) is 9.59 Å². The predicted molar refractivity (Wildman–Crippen MR) is 73.8 cm³/mol. The van der Waals surface area contributed by atoms with Crippen molar-refractivity contribution in [3.05, 3.63) is 24.3 Å². The van der Waals surface area contributed by atoms with Crippen molar-refractivity contribution in [2.24, 2.45) is 0 Å². The molecule has 0 radical (unpaired) electrons. The van der Waals surface area contributed by atoms with E-state index in [1.165, 1.54) is 0 Å². The highest BCUT2D eigenvalue weighted by Crippen LogP contribution is 2.16. The molecule has 1 fully saturated rings. The van der Waals surface area contributed by atoms with Gasteiger partial charge in [-0.15, -0.1) is 0 Å². The van der Waals surface area contributed by atoms with Gasteiger partial charge < -0.3 is 20.5 Å². The second-order valence-electron chi connectivity index (χ2n) is 4.70. The summed E-state index contributed by atoms with van der Waals surface area (Å²) in [4.78, 5) is 22.4. The molecule has 1 amide bonds. The number of carbonyl (C=O) groups excluding carboxylic acids is 1. The van der Waals surface area contributed by atoms with Gasteiger partial charge in [-0.2, -0.15) is 0 Å². The van der Waals surface area contributed by atoms with E-state index in [2.05, 4.69) is 10.6 Å². The molecule has 1 aromatic rings. The molecule has 6 nitrogen and oxygen atoms in total. The van der Waals surface area contributed by atoms with Crippen molar-refractivity contribution in [2.45, 2.75) is 25.3 Å². The Hall–Kier alpha value is -2.08. The number of piperidine rings is 1. The summed E-state index contributed by atoms with van der Waals surface area (Å²) in [6, 6.07) is 6.52. The van der Waals surface area contributed by atoms with E-state index in [1.54, 1.807) is 24.3 Å². The maximum absolute atomic E-state index is 12.0. The Labute approximate surface area is 117 Å². The van der Waals surface area contributed by atoms with Gasteiger partial charge >= 0.3 is 5.97 Å². The summed E-state index contributed by atoms with van der Waals surface area (Å²) in [6.45, 7) is 0.498. The van der Waals surface area contributed by atoms with Crippen molar-refractivity contribution in [3.8, 4) is 5.75 Å². The van der Waals surface area contributed by atoms with Crippen LogP contribution in [-0.4, -0.2) is 36.2 Å². The van der Waals surface area contributed by atoms with Crippen LogP contribution in [0, 0.1) is 0 Å². The van der Waals surface area contributed by atoms with Crippen LogP contribution < -0.4 is 15.4 Å². The van der Waals surface area contributed by atoms with Crippen molar-refractivity contribution in [2.75, 3.05) is 18.5 Å². The van der Waals surface area contributed by atoms with Gasteiger partial charge in [-0.3, -0.25) is 4.79 Å². The summed E-state index contributed by atoms with van der Waals surface area (Å²) in [5, 5.41) is 14.5. The first-order valence-corrected chi connectivity index (χ1v) is 6.64. The van der Waals surface area contributed by atoms with E-state index < -0.39 is 5.97 Å². The van der Waals surface area contributed by atoms with Crippen LogP contribution in [0.25, 0.3) is 0 Å². The van der Waals surface area contributed by atoms with E-state index >= 15 is 0 Å². The standard InChI is InChI=1S/C14H18N2O4/c17-13(18)9-20-11-6-4-10(5-7-11)16-14(19)12-3-1-2-8-15-12/h4-7,12,15H,1-3,8-9H2,(H,16,19)(H,17,18). The number of amides is 1. The molecule has 3 N–H and O–H groups in total. The summed E-state index contributed by atoms with van der Waals surface area (Å²) >= 11 is 0. The molecule has 1 saturated heterocycles. The van der Waals surface area contributed by atoms with Crippen molar-refractivity contribution < 1.29 is 19.4 Å². The highest BCUT2D eigenvalue weighted by Gasteiger charge is 2.20. The van der Waals surface area contributed by atoms with E-state index in [-0.39, 0.29) is 18.6 Å². The number of hydrogen-bond acceptors (Lipinski definition) is 4. The lowest BCUT2D eigenvalue weighted by molar-refractivity contribution is -0.139. The van der Waals surface area contributed by atoms with Crippen LogP contribution in [0.4, 0.5) is 5.69 Å². The predicted octanol–water partition coefficient (Wildman–Crippen LogP) is 1.23. The fourth-order valence-electron chi connectivity index (χ4n) is 2.08. The van der Waals surface area contributed by atoms with Crippen LogP contribution in [0.5, 0.6) is 5.75 Å². The summed E-state index contributed by atoms with van der Waals surface area (Å²) in [5.74, 6) is -0.601. The fourth-order valence-corrected chi connectivity index (χ4v) is 2.08. The molecule has 1 unspecified atom stereocenters. The van der Waals surface area contributed by atoms with Gasteiger partial charge in [0, 0.05) is 5.69 Å². The molecule has 1 aliphatic heterocycles. The lowest BCUT2D eigenvalue weighted by atomic mass is 10.0. The highest BCUT2D eigenvalue weighted by atomic mass is 16.5. The van der Waals surface area contributed by atoms with Gasteiger partial charge in [0.05, 0.1) is 6.04 Å². The molecule has 108 valence electrons. The summed E-state index contributed by atoms with van der Waals surface area (Å²) < 4.78 is 5.02. The van der Waals surface area contributed by atoms with Gasteiger partial charge in [0.1, 0.15) is 5.75 Å². The van der Waals surface area contributed by atoms with Crippen molar-refractivity contribution in [3.63, 3.8) is 0 Å². The fraction of sp³-hybridized carbons (Fsp3) is 0.429. The topological polar surface area (TPSA) is 87.7 Å². The number of carboxylic acid groups (broad SMARTS) is 1. The van der Waals surface area contributed by atoms with Crippen LogP contribution in [0.1, 0.15) is 19.3 Å². The lowest BCUT2D eigenvalue weighted by Crippen LogP contribution is -2.43. The number of anilines is 1. The van der Waals surface area contributed by atoms with Crippen LogP contribution in [0.3, 0.4) is 0 Å². The molecule has 6 heteroatoms. The normalized spacial score (nSPS) is 18.3. The first-order chi connectivity index (χ1) is 9.65. The zero-order valence-corrected chi connectivity index (χ0v) is 11.1. The summed E-state index contributed by atoms with van der Waals surface area (Å²) in [6.07, 6.45) is 3.03. The molecular weight excluding hydrogens is 260 g/mol. The Kier molecular flexibility index (Phi) is 4.95. The SMILES string of the molecule is O=C(O)COc1ccc(NC(=O)C2CCCCN2)cc1. The smallest absolute Gasteiger partial charge is 0.341 e. The van der Waals surface area contributed by atoms with Gasteiger partial charge in [0.25, 0.3) is 0 Å². The highest BCUT2D eigenvalue weighted by molar-refractivity contribution is 5.94. The minimum absolute atomic E-state index is 0.0381. The van der Waals surface area contributed by atoms with Crippen LogP contribution in [0.2, 0.25) is 0 Å². The van der Waals surface area contributed by atoms with E-state index in [0.29, 0.717) is 11.4 Å². The molecule has 0 bridgehead atoms. The average Bonchev–Trinajstić information content (AvgIpc) is 2.47. The maximum Gasteiger partial charge on any atom is 0.341 e. The molecule has 1 heterocycles. The number of carboxylic acids is 1. The van der Waals surface area contributed by atoms with E-state index in [1.807, 2.05) is 0 Å². The monoisotopic (exact) mass is 278 g/mol. The average molecular weight is 278 g/mol. The minimum Gasteiger partial charge on any atom is -0.482 e. The van der Waals surface area contributed by atoms with Crippen LogP contribution >= 0.6 is 0 Å². The third-order valence-corrected chi connectivity index (χ3v) is 3.11. The van der Waals surface area contributed by atoms with Gasteiger partial charge in [-0.1, -0.05) is 6.42 Å². The molecule has 20 heavy (non-hydrogen) atoms. The number of rotatable bonds is 5. The molecule has 0 aliphatic carbocycles. The quantitative estimate of drug-likeness (QED) is 0.754. The van der Waals surface area contributed by atoms with Gasteiger partial charge in [0.15, 0.2) is 6.61 Å². The third kappa shape index (κ3) is 4.24. The van der Waals surface area contributed by atoms with Crippen molar-refractivity contribution in [1.29, 1.82) is 0 Å². The molecule has 0 spiro atoms. The van der Waals surface area contributed by atoms with Crippen LogP contribution in [0.15, 0.2) is 24.3 Å². The molecule has 2 rings (SSSR count). The molecule has 1 aliphatic rings. The number of hydrogen-bond donors (Lipinski definition) is 3. The van der Waals surface area contributed by atoms with E-state index in [4.69, 9.17) is 9.84 Å². The molecule has 0 saturated carbocycles. The Bertz CT molecular complexity index is 467. The first-order valence-electron chi connectivity index (χ1n) is 6.64. The van der Waals surface area contributed by atoms with E-state index in [0.717, 1.165) is 25.8 Å². The number of benzene rings is 1. The molecule has 0 aromatic heterocycles. The number of carbonyl (C=O) groups is 2. The Morgan fingerprint density at radius 2 is 2.05 bits per heavy atom. The van der Waals surface area contributed by atoms with Gasteiger partial charge in [0.2, 0.25) is 5.91 Å². The third-order valence-electron chi connectivity index (χ3n) is 3.11. The zero-order valence-electron chi connectivity index (χ0n) is 11.1. The van der Waals surface area contributed by atoms with Gasteiger partial charge in [-0.05, 0) is 43.7 Å². The van der Waals surface area contributed by atoms with E-state index in [9.17, 15) is 9.59 Å². The Morgan fingerprint density at radius 1 is 1.30 bits per heavy atom. The Balaban J connectivity index is 1.86.